The van der Waals surface area contributed by atoms with Gasteiger partial charge in [-0.2, -0.15) is 0 Å². The predicted molar refractivity (Wildman–Crippen MR) is 81.5 cm³/mol. The van der Waals surface area contributed by atoms with E-state index in [0.717, 1.165) is 25.5 Å². The Morgan fingerprint density at radius 1 is 1.15 bits per heavy atom. The van der Waals surface area contributed by atoms with E-state index in [1.54, 1.807) is 0 Å². The molecule has 0 saturated carbocycles. The fraction of sp³-hybridized carbons (Fsp3) is 0.533. The van der Waals surface area contributed by atoms with Gasteiger partial charge in [0.05, 0.1) is 5.75 Å². The molecule has 0 radical (unpaired) electrons. The molecule has 0 aromatic heterocycles. The van der Waals surface area contributed by atoms with Crippen molar-refractivity contribution < 1.29 is 13.2 Å². The quantitative estimate of drug-likeness (QED) is 0.745. The summed E-state index contributed by atoms with van der Waals surface area (Å²) in [5.74, 6) is -0.270. The van der Waals surface area contributed by atoms with Crippen LogP contribution in [0.3, 0.4) is 0 Å². The Morgan fingerprint density at radius 3 is 2.40 bits per heavy atom. The van der Waals surface area contributed by atoms with E-state index in [1.165, 1.54) is 11.1 Å². The van der Waals surface area contributed by atoms with E-state index in [-0.39, 0.29) is 18.1 Å². The van der Waals surface area contributed by atoms with Gasteiger partial charge in [-0.25, -0.2) is 8.42 Å². The summed E-state index contributed by atoms with van der Waals surface area (Å²) < 4.78 is 21.8. The number of amides is 1. The summed E-state index contributed by atoms with van der Waals surface area (Å²) in [6.45, 7) is 2.67. The summed E-state index contributed by atoms with van der Waals surface area (Å²) in [5, 5.41) is 2.75. The second kappa shape index (κ2) is 8.04. The molecule has 0 unspecified atom stereocenters. The normalized spacial score (nSPS) is 11.3. The minimum atomic E-state index is -3.05. The topological polar surface area (TPSA) is 63.2 Å². The molecule has 0 fully saturated rings. The first kappa shape index (κ1) is 16.7. The summed E-state index contributed by atoms with van der Waals surface area (Å²) in [4.78, 5) is 11.4. The van der Waals surface area contributed by atoms with E-state index in [1.807, 2.05) is 0 Å². The van der Waals surface area contributed by atoms with Crippen LogP contribution in [0, 0.1) is 6.92 Å². The van der Waals surface area contributed by atoms with Crippen LogP contribution < -0.4 is 5.32 Å². The molecule has 1 aromatic rings. The third-order valence-corrected chi connectivity index (χ3v) is 3.98. The average Bonchev–Trinajstić information content (AvgIpc) is 2.37. The smallest absolute Gasteiger partial charge is 0.221 e. The average molecular weight is 297 g/mol. The maximum atomic E-state index is 11.4. The Morgan fingerprint density at radius 2 is 1.80 bits per heavy atom. The molecule has 4 nitrogen and oxygen atoms in total. The zero-order valence-electron chi connectivity index (χ0n) is 12.2. The molecule has 1 aromatic carbocycles. The van der Waals surface area contributed by atoms with Crippen LogP contribution in [0.5, 0.6) is 0 Å². The Labute approximate surface area is 121 Å². The molecular formula is C15H23NO3S. The fourth-order valence-corrected chi connectivity index (χ4v) is 2.36. The van der Waals surface area contributed by atoms with Crippen LogP contribution >= 0.6 is 0 Å². The number of hydrogen-bond acceptors (Lipinski definition) is 3. The third kappa shape index (κ3) is 7.94. The molecule has 5 heteroatoms. The standard InChI is InChI=1S/C15H23NO3S/c1-13-6-8-14(9-7-13)5-3-4-11-16-15(17)10-12-20(2,18)19/h6-9H,3-5,10-12H2,1-2H3,(H,16,17). The monoisotopic (exact) mass is 297 g/mol. The molecule has 0 saturated heterocycles. The van der Waals surface area contributed by atoms with Crippen LogP contribution in [0.1, 0.15) is 30.4 Å². The van der Waals surface area contributed by atoms with E-state index < -0.39 is 9.84 Å². The van der Waals surface area contributed by atoms with Gasteiger partial charge in [-0.05, 0) is 31.7 Å². The lowest BCUT2D eigenvalue weighted by molar-refractivity contribution is -0.120. The minimum Gasteiger partial charge on any atom is -0.356 e. The second-order valence-electron chi connectivity index (χ2n) is 5.17. The lowest BCUT2D eigenvalue weighted by Gasteiger charge is -2.05. The zero-order valence-corrected chi connectivity index (χ0v) is 13.0. The van der Waals surface area contributed by atoms with Crippen molar-refractivity contribution in [3.63, 3.8) is 0 Å². The highest BCUT2D eigenvalue weighted by Gasteiger charge is 2.07. The van der Waals surface area contributed by atoms with Crippen molar-refractivity contribution in [2.24, 2.45) is 0 Å². The maximum absolute atomic E-state index is 11.4. The first-order valence-electron chi connectivity index (χ1n) is 6.87. The number of unbranched alkanes of at least 4 members (excludes halogenated alkanes) is 1. The molecule has 1 amide bonds. The molecular weight excluding hydrogens is 274 g/mol. The van der Waals surface area contributed by atoms with Crippen molar-refractivity contribution in [1.29, 1.82) is 0 Å². The predicted octanol–water partition coefficient (Wildman–Crippen LogP) is 1.87. The van der Waals surface area contributed by atoms with Gasteiger partial charge in [0.1, 0.15) is 9.84 Å². The summed E-state index contributed by atoms with van der Waals surface area (Å²) >= 11 is 0. The first-order valence-corrected chi connectivity index (χ1v) is 8.93. The van der Waals surface area contributed by atoms with Crippen LogP contribution in [-0.2, 0) is 21.1 Å². The van der Waals surface area contributed by atoms with Crippen LogP contribution in [0.25, 0.3) is 0 Å². The molecule has 0 atom stereocenters. The number of aryl methyl sites for hydroxylation is 2. The highest BCUT2D eigenvalue weighted by Crippen LogP contribution is 2.06. The van der Waals surface area contributed by atoms with E-state index >= 15 is 0 Å². The van der Waals surface area contributed by atoms with Crippen molar-refractivity contribution in [2.75, 3.05) is 18.6 Å². The van der Waals surface area contributed by atoms with Gasteiger partial charge in [-0.3, -0.25) is 4.79 Å². The summed E-state index contributed by atoms with van der Waals surface area (Å²) in [5.41, 5.74) is 2.56. The maximum Gasteiger partial charge on any atom is 0.221 e. The van der Waals surface area contributed by atoms with Gasteiger partial charge in [0.25, 0.3) is 0 Å². The second-order valence-corrected chi connectivity index (χ2v) is 7.43. The molecule has 20 heavy (non-hydrogen) atoms. The molecule has 0 bridgehead atoms. The molecule has 0 aliphatic rings. The van der Waals surface area contributed by atoms with Gasteiger partial charge in [-0.15, -0.1) is 0 Å². The van der Waals surface area contributed by atoms with Crippen molar-refractivity contribution in [2.45, 2.75) is 32.6 Å². The molecule has 0 heterocycles. The Bertz CT molecular complexity index is 521. The molecule has 112 valence electrons. The summed E-state index contributed by atoms with van der Waals surface area (Å²) in [7, 11) is -3.05. The number of carbonyl (C=O) groups is 1. The number of nitrogens with one attached hydrogen (secondary N) is 1. The van der Waals surface area contributed by atoms with E-state index in [9.17, 15) is 13.2 Å². The highest BCUT2D eigenvalue weighted by atomic mass is 32.2. The van der Waals surface area contributed by atoms with Crippen LogP contribution in [-0.4, -0.2) is 32.9 Å². The zero-order chi connectivity index (χ0) is 15.0. The summed E-state index contributed by atoms with van der Waals surface area (Å²) in [6.07, 6.45) is 4.10. The molecule has 0 spiro atoms. The number of carbonyl (C=O) groups excluding carboxylic acids is 1. The number of rotatable bonds is 8. The Kier molecular flexibility index (Phi) is 6.71. The molecule has 1 N–H and O–H groups in total. The van der Waals surface area contributed by atoms with Crippen molar-refractivity contribution in [3.05, 3.63) is 35.4 Å². The molecule has 0 aliphatic carbocycles. The third-order valence-electron chi connectivity index (χ3n) is 3.03. The van der Waals surface area contributed by atoms with Gasteiger partial charge < -0.3 is 5.32 Å². The lowest BCUT2D eigenvalue weighted by atomic mass is 10.1. The lowest BCUT2D eigenvalue weighted by Crippen LogP contribution is -2.26. The van der Waals surface area contributed by atoms with E-state index in [2.05, 4.69) is 36.5 Å². The van der Waals surface area contributed by atoms with Crippen molar-refractivity contribution in [3.8, 4) is 0 Å². The first-order chi connectivity index (χ1) is 9.37. The van der Waals surface area contributed by atoms with Crippen LogP contribution in [0.2, 0.25) is 0 Å². The van der Waals surface area contributed by atoms with Gasteiger partial charge >= 0.3 is 0 Å². The largest absolute Gasteiger partial charge is 0.356 e. The van der Waals surface area contributed by atoms with Gasteiger partial charge in [0, 0.05) is 19.2 Å². The Balaban J connectivity index is 2.10. The molecule has 0 aliphatic heterocycles. The fourth-order valence-electron chi connectivity index (χ4n) is 1.80. The number of benzene rings is 1. The summed E-state index contributed by atoms with van der Waals surface area (Å²) in [6, 6.07) is 8.45. The van der Waals surface area contributed by atoms with Gasteiger partial charge in [0.15, 0.2) is 0 Å². The number of sulfone groups is 1. The Hall–Kier alpha value is -1.36. The van der Waals surface area contributed by atoms with E-state index in [4.69, 9.17) is 0 Å². The molecule has 1 rings (SSSR count). The van der Waals surface area contributed by atoms with Crippen LogP contribution in [0.4, 0.5) is 0 Å². The van der Waals surface area contributed by atoms with E-state index in [0.29, 0.717) is 6.54 Å². The van der Waals surface area contributed by atoms with Crippen LogP contribution in [0.15, 0.2) is 24.3 Å². The van der Waals surface area contributed by atoms with Crippen molar-refractivity contribution in [1.82, 2.24) is 5.32 Å². The van der Waals surface area contributed by atoms with Gasteiger partial charge in [0.2, 0.25) is 5.91 Å². The minimum absolute atomic E-state index is 0.0524. The van der Waals surface area contributed by atoms with Gasteiger partial charge in [-0.1, -0.05) is 29.8 Å². The van der Waals surface area contributed by atoms with Crippen molar-refractivity contribution >= 4 is 15.7 Å². The SMILES string of the molecule is Cc1ccc(CCCCNC(=O)CCS(C)(=O)=O)cc1. The highest BCUT2D eigenvalue weighted by molar-refractivity contribution is 7.90. The number of hydrogen-bond donors (Lipinski definition) is 1.